The van der Waals surface area contributed by atoms with Crippen LogP contribution in [0.15, 0.2) is 36.0 Å². The van der Waals surface area contributed by atoms with Gasteiger partial charge in [0.2, 0.25) is 0 Å². The van der Waals surface area contributed by atoms with Gasteiger partial charge in [-0.15, -0.1) is 0 Å². The molecule has 0 heterocycles. The fourth-order valence-corrected chi connectivity index (χ4v) is 6.29. The fraction of sp³-hybridized carbons (Fsp3) is 0.609. The van der Waals surface area contributed by atoms with Crippen LogP contribution in [0.4, 0.5) is 0 Å². The van der Waals surface area contributed by atoms with E-state index in [0.717, 1.165) is 31.3 Å². The number of hydrogen-bond acceptors (Lipinski definition) is 5. The Balaban J connectivity index is 1.70. The van der Waals surface area contributed by atoms with Gasteiger partial charge in [0.05, 0.1) is 5.41 Å². The van der Waals surface area contributed by atoms with Crippen molar-refractivity contribution >= 4 is 17.7 Å². The number of ketones is 1. The third-order valence-electron chi connectivity index (χ3n) is 7.61. The molecule has 0 spiro atoms. The summed E-state index contributed by atoms with van der Waals surface area (Å²) in [5.41, 5.74) is 0.468. The molecule has 0 aromatic rings. The Labute approximate surface area is 165 Å². The molecule has 0 saturated heterocycles. The van der Waals surface area contributed by atoms with Gasteiger partial charge in [0.25, 0.3) is 0 Å². The zero-order valence-electron chi connectivity index (χ0n) is 16.8. The second-order valence-electron chi connectivity index (χ2n) is 9.03. The van der Waals surface area contributed by atoms with Crippen molar-refractivity contribution in [2.45, 2.75) is 52.6 Å². The van der Waals surface area contributed by atoms with Crippen molar-refractivity contribution < 1.29 is 23.9 Å². The SMILES string of the molecule is CC(=O)OC[C@]12C=CC(=O)C=C1C=C[C@H]1[C@@H]3CC[C@H](OC(C)=O)[C@@]3(C)CC[C@@H]12. The molecule has 0 aliphatic heterocycles. The number of allylic oxidation sites excluding steroid dienone is 4. The molecule has 4 aliphatic carbocycles. The topological polar surface area (TPSA) is 69.7 Å². The molecule has 2 saturated carbocycles. The van der Waals surface area contributed by atoms with Crippen LogP contribution < -0.4 is 0 Å². The lowest BCUT2D eigenvalue weighted by Crippen LogP contribution is -2.51. The van der Waals surface area contributed by atoms with Gasteiger partial charge in [-0.2, -0.15) is 0 Å². The van der Waals surface area contributed by atoms with Crippen molar-refractivity contribution in [3.8, 4) is 0 Å². The van der Waals surface area contributed by atoms with Crippen LogP contribution in [0.2, 0.25) is 0 Å². The van der Waals surface area contributed by atoms with Crippen molar-refractivity contribution in [1.29, 1.82) is 0 Å². The first kappa shape index (κ1) is 19.2. The molecule has 2 fully saturated rings. The molecule has 5 heteroatoms. The van der Waals surface area contributed by atoms with Gasteiger partial charge in [-0.25, -0.2) is 0 Å². The highest BCUT2D eigenvalue weighted by atomic mass is 16.5. The monoisotopic (exact) mass is 384 g/mol. The minimum Gasteiger partial charge on any atom is -0.465 e. The molecule has 5 nitrogen and oxygen atoms in total. The molecule has 0 unspecified atom stereocenters. The Kier molecular flexibility index (Phi) is 4.59. The lowest BCUT2D eigenvalue weighted by atomic mass is 9.50. The molecule has 0 radical (unpaired) electrons. The van der Waals surface area contributed by atoms with Crippen LogP contribution >= 0.6 is 0 Å². The van der Waals surface area contributed by atoms with Gasteiger partial charge in [0.15, 0.2) is 5.78 Å². The number of hydrogen-bond donors (Lipinski definition) is 0. The van der Waals surface area contributed by atoms with E-state index in [1.54, 1.807) is 12.2 Å². The Morgan fingerprint density at radius 1 is 1.11 bits per heavy atom. The summed E-state index contributed by atoms with van der Waals surface area (Å²) in [6.07, 6.45) is 13.3. The zero-order valence-corrected chi connectivity index (χ0v) is 16.8. The van der Waals surface area contributed by atoms with Crippen LogP contribution in [0.25, 0.3) is 0 Å². The quantitative estimate of drug-likeness (QED) is 0.696. The predicted molar refractivity (Wildman–Crippen MR) is 103 cm³/mol. The fourth-order valence-electron chi connectivity index (χ4n) is 6.29. The molecular formula is C23H28O5. The smallest absolute Gasteiger partial charge is 0.302 e. The third-order valence-corrected chi connectivity index (χ3v) is 7.61. The number of ether oxygens (including phenoxy) is 2. The minimum absolute atomic E-state index is 0.0204. The van der Waals surface area contributed by atoms with Crippen molar-refractivity contribution in [2.24, 2.45) is 28.6 Å². The number of rotatable bonds is 3. The summed E-state index contributed by atoms with van der Waals surface area (Å²) in [6.45, 7) is 5.43. The first-order valence-electron chi connectivity index (χ1n) is 10.2. The molecule has 4 rings (SSSR count). The van der Waals surface area contributed by atoms with Crippen molar-refractivity contribution in [3.05, 3.63) is 36.0 Å². The van der Waals surface area contributed by atoms with E-state index < -0.39 is 5.41 Å². The van der Waals surface area contributed by atoms with Gasteiger partial charge in [-0.05, 0) is 61.2 Å². The van der Waals surface area contributed by atoms with Crippen LogP contribution in [0, 0.1) is 28.6 Å². The Bertz CT molecular complexity index is 806. The Hall–Kier alpha value is -2.17. The summed E-state index contributed by atoms with van der Waals surface area (Å²) in [5, 5.41) is 0. The van der Waals surface area contributed by atoms with Gasteiger partial charge in [-0.3, -0.25) is 14.4 Å². The molecule has 0 aromatic heterocycles. The van der Waals surface area contributed by atoms with E-state index in [-0.39, 0.29) is 41.8 Å². The molecule has 0 N–H and O–H groups in total. The zero-order chi connectivity index (χ0) is 20.1. The highest BCUT2D eigenvalue weighted by molar-refractivity contribution is 6.01. The van der Waals surface area contributed by atoms with E-state index in [1.807, 2.05) is 6.08 Å². The maximum absolute atomic E-state index is 12.0. The van der Waals surface area contributed by atoms with Gasteiger partial charge in [-0.1, -0.05) is 25.2 Å². The van der Waals surface area contributed by atoms with Crippen LogP contribution in [0.3, 0.4) is 0 Å². The number of carbonyl (C=O) groups is 3. The van der Waals surface area contributed by atoms with Crippen LogP contribution in [-0.4, -0.2) is 30.4 Å². The highest BCUT2D eigenvalue weighted by Crippen LogP contribution is 2.63. The number of fused-ring (bicyclic) bond motifs is 5. The Morgan fingerprint density at radius 3 is 2.61 bits per heavy atom. The van der Waals surface area contributed by atoms with E-state index >= 15 is 0 Å². The lowest BCUT2D eigenvalue weighted by molar-refractivity contribution is -0.156. The molecule has 0 aromatic carbocycles. The molecule has 0 amide bonds. The maximum atomic E-state index is 12.0. The molecule has 6 atom stereocenters. The first-order chi connectivity index (χ1) is 13.3. The van der Waals surface area contributed by atoms with Crippen molar-refractivity contribution in [1.82, 2.24) is 0 Å². The van der Waals surface area contributed by atoms with Crippen molar-refractivity contribution in [3.63, 3.8) is 0 Å². The number of esters is 2. The molecule has 0 bridgehead atoms. The second kappa shape index (κ2) is 6.71. The van der Waals surface area contributed by atoms with E-state index in [1.165, 1.54) is 13.8 Å². The first-order valence-corrected chi connectivity index (χ1v) is 10.2. The van der Waals surface area contributed by atoms with E-state index in [2.05, 4.69) is 19.1 Å². The molecule has 28 heavy (non-hydrogen) atoms. The largest absolute Gasteiger partial charge is 0.465 e. The molecular weight excluding hydrogens is 356 g/mol. The van der Waals surface area contributed by atoms with E-state index in [0.29, 0.717) is 11.8 Å². The van der Waals surface area contributed by atoms with Crippen molar-refractivity contribution in [2.75, 3.05) is 6.61 Å². The van der Waals surface area contributed by atoms with E-state index in [9.17, 15) is 14.4 Å². The van der Waals surface area contributed by atoms with E-state index in [4.69, 9.17) is 9.47 Å². The van der Waals surface area contributed by atoms with Gasteiger partial charge in [0, 0.05) is 19.3 Å². The lowest BCUT2D eigenvalue weighted by Gasteiger charge is -2.55. The highest BCUT2D eigenvalue weighted by Gasteiger charge is 2.59. The standard InChI is InChI=1S/C23H28O5/c1-14(24)27-13-23-11-8-17(26)12-16(23)4-5-18-19-6-7-21(28-15(2)25)22(19,3)10-9-20(18)23/h4-5,8,11-12,18-21H,6-7,9-10,13H2,1-3H3/t18-,19-,20-,21-,22-,23+/m0/s1. The molecule has 4 aliphatic rings. The average Bonchev–Trinajstić information content (AvgIpc) is 2.96. The summed E-state index contributed by atoms with van der Waals surface area (Å²) in [4.78, 5) is 35.1. The summed E-state index contributed by atoms with van der Waals surface area (Å²) < 4.78 is 11.2. The minimum atomic E-state index is -0.445. The normalized spacial score (nSPS) is 40.8. The van der Waals surface area contributed by atoms with Crippen LogP contribution in [0.5, 0.6) is 0 Å². The van der Waals surface area contributed by atoms with Gasteiger partial charge in [0.1, 0.15) is 12.7 Å². The average molecular weight is 384 g/mol. The number of carbonyl (C=O) groups excluding carboxylic acids is 3. The van der Waals surface area contributed by atoms with Crippen LogP contribution in [-0.2, 0) is 23.9 Å². The summed E-state index contributed by atoms with van der Waals surface area (Å²) in [7, 11) is 0. The predicted octanol–water partition coefficient (Wildman–Crippen LogP) is 3.55. The van der Waals surface area contributed by atoms with Gasteiger partial charge < -0.3 is 9.47 Å². The van der Waals surface area contributed by atoms with Gasteiger partial charge >= 0.3 is 11.9 Å². The summed E-state index contributed by atoms with van der Waals surface area (Å²) in [6, 6.07) is 0. The second-order valence-corrected chi connectivity index (χ2v) is 9.03. The molecule has 150 valence electrons. The summed E-state index contributed by atoms with van der Waals surface area (Å²) >= 11 is 0. The Morgan fingerprint density at radius 2 is 1.89 bits per heavy atom. The van der Waals surface area contributed by atoms with Crippen LogP contribution in [0.1, 0.15) is 46.5 Å². The summed E-state index contributed by atoms with van der Waals surface area (Å²) in [5.74, 6) is 0.452. The maximum Gasteiger partial charge on any atom is 0.302 e. The third kappa shape index (κ3) is 2.87.